The number of hydrogen-bond acceptors (Lipinski definition) is 6. The molecule has 1 aliphatic rings. The summed E-state index contributed by atoms with van der Waals surface area (Å²) in [6.07, 6.45) is 5.36. The highest BCUT2D eigenvalue weighted by Gasteiger charge is 2.30. The lowest BCUT2D eigenvalue weighted by Crippen LogP contribution is -2.27. The van der Waals surface area contributed by atoms with Gasteiger partial charge in [-0.3, -0.25) is 0 Å². The maximum absolute atomic E-state index is 14.0. The molecular weight excluding hydrogens is 435 g/mol. The zero-order chi connectivity index (χ0) is 20.1. The van der Waals surface area contributed by atoms with E-state index in [4.69, 9.17) is 4.74 Å². The third-order valence-corrected chi connectivity index (χ3v) is 3.93. The van der Waals surface area contributed by atoms with Gasteiger partial charge in [-0.05, 0) is 34.1 Å². The summed E-state index contributed by atoms with van der Waals surface area (Å²) in [5.74, 6) is -3.10. The van der Waals surface area contributed by atoms with Gasteiger partial charge in [0, 0.05) is 12.3 Å². The van der Waals surface area contributed by atoms with Crippen molar-refractivity contribution in [3.63, 3.8) is 0 Å². The molecule has 2 rings (SSSR count). The summed E-state index contributed by atoms with van der Waals surface area (Å²) in [5, 5.41) is 0. The number of anilines is 1. The number of carbonyl (C=O) groups is 2. The molecule has 144 valence electrons. The number of ether oxygens (including phenoxy) is 3. The number of carbonyl (C=O) groups excluding carboxylic acids is 2. The molecule has 1 heterocycles. The predicted molar refractivity (Wildman–Crippen MR) is 92.5 cm³/mol. The largest absolute Gasteiger partial charge is 0.465 e. The SMILES string of the molecule is COC(=O)C1=C(C(=O)OC)N(c2cc(F)cc(Br)c2OC(F)F)C=CC=C1. The van der Waals surface area contributed by atoms with Gasteiger partial charge in [0.1, 0.15) is 11.5 Å². The Bertz CT molecular complexity index is 851. The van der Waals surface area contributed by atoms with Crippen LogP contribution in [0.5, 0.6) is 5.75 Å². The molecule has 0 spiro atoms. The number of nitrogens with zero attached hydrogens (tertiary/aromatic N) is 1. The summed E-state index contributed by atoms with van der Waals surface area (Å²) < 4.78 is 53.4. The predicted octanol–water partition coefficient (Wildman–Crippen LogP) is 3.68. The van der Waals surface area contributed by atoms with Crippen molar-refractivity contribution in [2.45, 2.75) is 6.61 Å². The van der Waals surface area contributed by atoms with Crippen molar-refractivity contribution in [2.75, 3.05) is 19.1 Å². The van der Waals surface area contributed by atoms with E-state index >= 15 is 0 Å². The number of hydrogen-bond donors (Lipinski definition) is 0. The molecule has 0 fully saturated rings. The summed E-state index contributed by atoms with van der Waals surface area (Å²) in [7, 11) is 2.17. The van der Waals surface area contributed by atoms with Crippen LogP contribution in [-0.2, 0) is 19.1 Å². The van der Waals surface area contributed by atoms with Crippen molar-refractivity contribution in [1.82, 2.24) is 0 Å². The molecule has 1 aliphatic heterocycles. The Morgan fingerprint density at radius 1 is 1.11 bits per heavy atom. The fraction of sp³-hybridized carbons (Fsp3) is 0.176. The monoisotopic (exact) mass is 447 g/mol. The van der Waals surface area contributed by atoms with Gasteiger partial charge in [-0.1, -0.05) is 6.08 Å². The van der Waals surface area contributed by atoms with E-state index in [0.717, 1.165) is 31.3 Å². The molecule has 0 bridgehead atoms. The van der Waals surface area contributed by atoms with Gasteiger partial charge in [0.05, 0.1) is 30.0 Å². The van der Waals surface area contributed by atoms with Crippen LogP contribution in [0.15, 0.2) is 52.3 Å². The van der Waals surface area contributed by atoms with Crippen LogP contribution in [0.2, 0.25) is 0 Å². The molecule has 10 heteroatoms. The normalized spacial score (nSPS) is 13.7. The highest BCUT2D eigenvalue weighted by molar-refractivity contribution is 9.10. The average Bonchev–Trinajstić information content (AvgIpc) is 2.85. The zero-order valence-electron chi connectivity index (χ0n) is 14.0. The molecule has 0 aliphatic carbocycles. The minimum atomic E-state index is -3.22. The number of allylic oxidation sites excluding steroid dienone is 2. The van der Waals surface area contributed by atoms with E-state index < -0.39 is 30.1 Å². The Labute approximate surface area is 160 Å². The van der Waals surface area contributed by atoms with Crippen molar-refractivity contribution < 1.29 is 37.0 Å². The van der Waals surface area contributed by atoms with E-state index in [9.17, 15) is 22.8 Å². The summed E-state index contributed by atoms with van der Waals surface area (Å²) in [6.45, 7) is -3.22. The van der Waals surface area contributed by atoms with Crippen LogP contribution >= 0.6 is 15.9 Å². The first-order chi connectivity index (χ1) is 12.8. The van der Waals surface area contributed by atoms with Crippen molar-refractivity contribution >= 4 is 33.6 Å². The number of benzene rings is 1. The number of methoxy groups -OCH3 is 2. The Morgan fingerprint density at radius 3 is 2.37 bits per heavy atom. The molecule has 0 atom stereocenters. The highest BCUT2D eigenvalue weighted by Crippen LogP contribution is 2.40. The minimum absolute atomic E-state index is 0.118. The third kappa shape index (κ3) is 4.51. The standard InChI is InChI=1S/C17H13BrF3NO5/c1-25-15(23)10-5-3-4-6-22(13(10)16(24)26-2)12-8-9(19)7-11(18)14(12)27-17(20)21/h3-8,17H,1-2H3. The molecule has 0 aromatic heterocycles. The van der Waals surface area contributed by atoms with Gasteiger partial charge in [-0.15, -0.1) is 0 Å². The van der Waals surface area contributed by atoms with Crippen LogP contribution in [0.25, 0.3) is 0 Å². The Balaban J connectivity index is 2.78. The first-order valence-electron chi connectivity index (χ1n) is 7.29. The van der Waals surface area contributed by atoms with Gasteiger partial charge >= 0.3 is 18.6 Å². The fourth-order valence-corrected chi connectivity index (χ4v) is 2.80. The quantitative estimate of drug-likeness (QED) is 0.641. The number of esters is 2. The van der Waals surface area contributed by atoms with Crippen molar-refractivity contribution in [2.24, 2.45) is 0 Å². The molecule has 0 unspecified atom stereocenters. The molecule has 0 radical (unpaired) electrons. The topological polar surface area (TPSA) is 65.1 Å². The fourth-order valence-electron chi connectivity index (χ4n) is 2.28. The molecular formula is C17H13BrF3NO5. The first-order valence-corrected chi connectivity index (χ1v) is 8.08. The van der Waals surface area contributed by atoms with Gasteiger partial charge in [0.25, 0.3) is 0 Å². The van der Waals surface area contributed by atoms with Crippen molar-refractivity contribution in [3.05, 3.63) is 58.1 Å². The Morgan fingerprint density at radius 2 is 1.78 bits per heavy atom. The van der Waals surface area contributed by atoms with E-state index in [-0.39, 0.29) is 21.4 Å². The molecule has 1 aromatic carbocycles. The lowest BCUT2D eigenvalue weighted by Gasteiger charge is -2.25. The van der Waals surface area contributed by atoms with Crippen LogP contribution in [0.1, 0.15) is 0 Å². The molecule has 0 saturated heterocycles. The summed E-state index contributed by atoms with van der Waals surface area (Å²) >= 11 is 2.96. The Hall–Kier alpha value is -2.75. The second-order valence-electron chi connectivity index (χ2n) is 4.93. The molecule has 0 N–H and O–H groups in total. The molecule has 27 heavy (non-hydrogen) atoms. The Kier molecular flexibility index (Phi) is 6.67. The lowest BCUT2D eigenvalue weighted by atomic mass is 10.1. The maximum atomic E-state index is 14.0. The third-order valence-electron chi connectivity index (χ3n) is 3.34. The number of rotatable bonds is 5. The van der Waals surface area contributed by atoms with E-state index in [1.54, 1.807) is 0 Å². The van der Waals surface area contributed by atoms with E-state index in [0.29, 0.717) is 0 Å². The summed E-state index contributed by atoms with van der Waals surface area (Å²) in [6, 6.07) is 1.79. The second kappa shape index (κ2) is 8.76. The van der Waals surface area contributed by atoms with Gasteiger partial charge < -0.3 is 19.1 Å². The second-order valence-corrected chi connectivity index (χ2v) is 5.78. The zero-order valence-corrected chi connectivity index (χ0v) is 15.6. The van der Waals surface area contributed by atoms with E-state index in [2.05, 4.69) is 25.4 Å². The molecule has 0 amide bonds. The lowest BCUT2D eigenvalue weighted by molar-refractivity contribution is -0.139. The first kappa shape index (κ1) is 20.6. The van der Waals surface area contributed by atoms with Crippen LogP contribution in [-0.4, -0.2) is 32.8 Å². The van der Waals surface area contributed by atoms with E-state index in [1.807, 2.05) is 0 Å². The van der Waals surface area contributed by atoms with Crippen LogP contribution in [0.3, 0.4) is 0 Å². The molecule has 6 nitrogen and oxygen atoms in total. The average molecular weight is 448 g/mol. The number of alkyl halides is 2. The van der Waals surface area contributed by atoms with Crippen LogP contribution < -0.4 is 9.64 Å². The molecule has 0 saturated carbocycles. The van der Waals surface area contributed by atoms with Gasteiger partial charge in [0.15, 0.2) is 5.75 Å². The smallest absolute Gasteiger partial charge is 0.387 e. The van der Waals surface area contributed by atoms with Crippen molar-refractivity contribution in [1.29, 1.82) is 0 Å². The van der Waals surface area contributed by atoms with Crippen molar-refractivity contribution in [3.8, 4) is 5.75 Å². The summed E-state index contributed by atoms with van der Waals surface area (Å²) in [5.41, 5.74) is -0.854. The highest BCUT2D eigenvalue weighted by atomic mass is 79.9. The summed E-state index contributed by atoms with van der Waals surface area (Å²) in [4.78, 5) is 25.4. The number of halogens is 4. The van der Waals surface area contributed by atoms with Gasteiger partial charge in [0.2, 0.25) is 0 Å². The minimum Gasteiger partial charge on any atom is -0.465 e. The maximum Gasteiger partial charge on any atom is 0.387 e. The van der Waals surface area contributed by atoms with Crippen LogP contribution in [0.4, 0.5) is 18.9 Å². The van der Waals surface area contributed by atoms with Gasteiger partial charge in [-0.25, -0.2) is 14.0 Å². The van der Waals surface area contributed by atoms with E-state index in [1.165, 1.54) is 24.4 Å². The molecule has 1 aromatic rings. The van der Waals surface area contributed by atoms with Gasteiger partial charge in [-0.2, -0.15) is 8.78 Å². The van der Waals surface area contributed by atoms with Crippen LogP contribution in [0, 0.1) is 5.82 Å².